The summed E-state index contributed by atoms with van der Waals surface area (Å²) >= 11 is 0. The number of phenolic OH excluding ortho intramolecular Hbond substituents is 1. The highest BCUT2D eigenvalue weighted by molar-refractivity contribution is 5.94. The predicted molar refractivity (Wildman–Crippen MR) is 75.6 cm³/mol. The first kappa shape index (κ1) is 14.6. The van der Waals surface area contributed by atoms with E-state index in [1.807, 2.05) is 0 Å². The molecule has 21 heavy (non-hydrogen) atoms. The summed E-state index contributed by atoms with van der Waals surface area (Å²) in [6.45, 7) is 0.639. The summed E-state index contributed by atoms with van der Waals surface area (Å²) in [6, 6.07) is 8.14. The third-order valence-corrected chi connectivity index (χ3v) is 2.85. The standard InChI is InChI=1S/C15H16N2O4/c18-13-3-1-11(2-4-13)9-17-14(19)5-7-16-15(20)12-6-8-21-10-12/h1-4,6,8,10,18H,5,7,9H2,(H,16,20)(H,17,19). The lowest BCUT2D eigenvalue weighted by atomic mass is 10.2. The molecule has 0 aliphatic rings. The summed E-state index contributed by atoms with van der Waals surface area (Å²) in [5, 5.41) is 14.5. The SMILES string of the molecule is O=C(CCNC(=O)c1ccoc1)NCc1ccc(O)cc1. The van der Waals surface area contributed by atoms with Crippen LogP contribution in [0.3, 0.4) is 0 Å². The second kappa shape index (κ2) is 7.14. The Morgan fingerprint density at radius 2 is 1.86 bits per heavy atom. The van der Waals surface area contributed by atoms with Crippen molar-refractivity contribution in [3.8, 4) is 5.75 Å². The van der Waals surface area contributed by atoms with Crippen LogP contribution in [0, 0.1) is 0 Å². The number of phenols is 1. The fourth-order valence-electron chi connectivity index (χ4n) is 1.69. The van der Waals surface area contributed by atoms with Crippen LogP contribution in [0.1, 0.15) is 22.3 Å². The first-order valence-electron chi connectivity index (χ1n) is 6.50. The number of hydrogen-bond donors (Lipinski definition) is 3. The number of carbonyl (C=O) groups excluding carboxylic acids is 2. The van der Waals surface area contributed by atoms with E-state index in [0.717, 1.165) is 5.56 Å². The summed E-state index contributed by atoms with van der Waals surface area (Å²) in [6.07, 6.45) is 2.96. The maximum Gasteiger partial charge on any atom is 0.254 e. The molecule has 0 spiro atoms. The van der Waals surface area contributed by atoms with Crippen LogP contribution in [0.25, 0.3) is 0 Å². The third-order valence-electron chi connectivity index (χ3n) is 2.85. The zero-order valence-corrected chi connectivity index (χ0v) is 11.3. The molecular weight excluding hydrogens is 272 g/mol. The lowest BCUT2D eigenvalue weighted by Crippen LogP contribution is -2.30. The second-order valence-electron chi connectivity index (χ2n) is 4.46. The van der Waals surface area contributed by atoms with E-state index >= 15 is 0 Å². The van der Waals surface area contributed by atoms with Gasteiger partial charge in [-0.15, -0.1) is 0 Å². The summed E-state index contributed by atoms with van der Waals surface area (Å²) in [5.74, 6) is -0.238. The molecule has 0 saturated heterocycles. The Labute approximate surface area is 121 Å². The van der Waals surface area contributed by atoms with E-state index in [9.17, 15) is 9.59 Å². The third kappa shape index (κ3) is 4.68. The van der Waals surface area contributed by atoms with Gasteiger partial charge in [0.05, 0.1) is 11.8 Å². The van der Waals surface area contributed by atoms with Crippen LogP contribution in [-0.2, 0) is 11.3 Å². The summed E-state index contributed by atoms with van der Waals surface area (Å²) in [4.78, 5) is 23.2. The van der Waals surface area contributed by atoms with E-state index in [2.05, 4.69) is 10.6 Å². The van der Waals surface area contributed by atoms with Crippen LogP contribution in [0.5, 0.6) is 5.75 Å². The molecule has 0 radical (unpaired) electrons. The number of hydrogen-bond acceptors (Lipinski definition) is 4. The zero-order valence-electron chi connectivity index (χ0n) is 11.3. The summed E-state index contributed by atoms with van der Waals surface area (Å²) in [5.41, 5.74) is 1.32. The van der Waals surface area contributed by atoms with Gasteiger partial charge in [-0.1, -0.05) is 12.1 Å². The van der Waals surface area contributed by atoms with Gasteiger partial charge in [-0.05, 0) is 23.8 Å². The van der Waals surface area contributed by atoms with Gasteiger partial charge in [0.15, 0.2) is 0 Å². The quantitative estimate of drug-likeness (QED) is 0.749. The Balaban J connectivity index is 1.66. The Bertz CT molecular complexity index is 591. The van der Waals surface area contributed by atoms with Gasteiger partial charge < -0.3 is 20.2 Å². The Kier molecular flexibility index (Phi) is 4.98. The molecule has 0 fully saturated rings. The van der Waals surface area contributed by atoms with E-state index in [0.29, 0.717) is 12.1 Å². The normalized spacial score (nSPS) is 10.1. The summed E-state index contributed by atoms with van der Waals surface area (Å²) in [7, 11) is 0. The van der Waals surface area contributed by atoms with Crippen LogP contribution >= 0.6 is 0 Å². The fourth-order valence-corrected chi connectivity index (χ4v) is 1.69. The van der Waals surface area contributed by atoms with Crippen LogP contribution in [-0.4, -0.2) is 23.5 Å². The molecule has 0 bridgehead atoms. The lowest BCUT2D eigenvalue weighted by Gasteiger charge is -2.06. The number of aromatic hydroxyl groups is 1. The van der Waals surface area contributed by atoms with Gasteiger partial charge >= 0.3 is 0 Å². The van der Waals surface area contributed by atoms with Crippen LogP contribution in [0.4, 0.5) is 0 Å². The molecule has 6 nitrogen and oxygen atoms in total. The molecule has 1 heterocycles. The molecular formula is C15H16N2O4. The fraction of sp³-hybridized carbons (Fsp3) is 0.200. The van der Waals surface area contributed by atoms with E-state index in [4.69, 9.17) is 9.52 Å². The minimum absolute atomic E-state index is 0.157. The van der Waals surface area contributed by atoms with Crippen molar-refractivity contribution in [1.29, 1.82) is 0 Å². The highest BCUT2D eigenvalue weighted by Crippen LogP contribution is 2.09. The van der Waals surface area contributed by atoms with Gasteiger partial charge in [0.1, 0.15) is 12.0 Å². The number of rotatable bonds is 6. The zero-order chi connectivity index (χ0) is 15.1. The smallest absolute Gasteiger partial charge is 0.254 e. The average molecular weight is 288 g/mol. The molecule has 2 amide bonds. The minimum atomic E-state index is -0.268. The topological polar surface area (TPSA) is 91.6 Å². The molecule has 0 unspecified atom stereocenters. The van der Waals surface area contributed by atoms with Gasteiger partial charge in [0.2, 0.25) is 5.91 Å². The molecule has 0 aliphatic carbocycles. The molecule has 2 rings (SSSR count). The van der Waals surface area contributed by atoms with Crippen molar-refractivity contribution in [1.82, 2.24) is 10.6 Å². The molecule has 2 aromatic rings. The van der Waals surface area contributed by atoms with Gasteiger partial charge in [-0.2, -0.15) is 0 Å². The van der Waals surface area contributed by atoms with E-state index in [1.165, 1.54) is 12.5 Å². The molecule has 0 atom stereocenters. The molecule has 1 aromatic heterocycles. The first-order chi connectivity index (χ1) is 10.1. The van der Waals surface area contributed by atoms with E-state index in [1.54, 1.807) is 30.3 Å². The van der Waals surface area contributed by atoms with Crippen molar-refractivity contribution in [3.05, 3.63) is 54.0 Å². The van der Waals surface area contributed by atoms with Gasteiger partial charge in [0, 0.05) is 19.5 Å². The maximum absolute atomic E-state index is 11.6. The summed E-state index contributed by atoms with van der Waals surface area (Å²) < 4.78 is 4.80. The molecule has 1 aromatic carbocycles. The Morgan fingerprint density at radius 1 is 1.10 bits per heavy atom. The minimum Gasteiger partial charge on any atom is -0.508 e. The highest BCUT2D eigenvalue weighted by Gasteiger charge is 2.07. The van der Waals surface area contributed by atoms with Crippen molar-refractivity contribution in [2.24, 2.45) is 0 Å². The van der Waals surface area contributed by atoms with Crippen molar-refractivity contribution in [3.63, 3.8) is 0 Å². The number of benzene rings is 1. The number of carbonyl (C=O) groups is 2. The number of furan rings is 1. The molecule has 0 saturated carbocycles. The number of amides is 2. The Hall–Kier alpha value is -2.76. The second-order valence-corrected chi connectivity index (χ2v) is 4.46. The van der Waals surface area contributed by atoms with E-state index in [-0.39, 0.29) is 30.5 Å². The molecule has 110 valence electrons. The molecule has 3 N–H and O–H groups in total. The first-order valence-corrected chi connectivity index (χ1v) is 6.50. The van der Waals surface area contributed by atoms with Crippen molar-refractivity contribution in [2.45, 2.75) is 13.0 Å². The van der Waals surface area contributed by atoms with Crippen LogP contribution < -0.4 is 10.6 Å². The van der Waals surface area contributed by atoms with Crippen molar-refractivity contribution in [2.75, 3.05) is 6.54 Å². The lowest BCUT2D eigenvalue weighted by molar-refractivity contribution is -0.121. The van der Waals surface area contributed by atoms with Crippen LogP contribution in [0.15, 0.2) is 47.3 Å². The van der Waals surface area contributed by atoms with Gasteiger partial charge in [0.25, 0.3) is 5.91 Å². The van der Waals surface area contributed by atoms with Crippen molar-refractivity contribution >= 4 is 11.8 Å². The Morgan fingerprint density at radius 3 is 2.52 bits per heavy atom. The van der Waals surface area contributed by atoms with Gasteiger partial charge in [-0.25, -0.2) is 0 Å². The van der Waals surface area contributed by atoms with Gasteiger partial charge in [-0.3, -0.25) is 9.59 Å². The number of nitrogens with one attached hydrogen (secondary N) is 2. The van der Waals surface area contributed by atoms with Crippen molar-refractivity contribution < 1.29 is 19.1 Å². The van der Waals surface area contributed by atoms with E-state index < -0.39 is 0 Å². The monoisotopic (exact) mass is 288 g/mol. The molecule has 0 aliphatic heterocycles. The largest absolute Gasteiger partial charge is 0.508 e. The predicted octanol–water partition coefficient (Wildman–Crippen LogP) is 1.42. The maximum atomic E-state index is 11.6. The highest BCUT2D eigenvalue weighted by atomic mass is 16.3. The average Bonchev–Trinajstić information content (AvgIpc) is 3.01. The van der Waals surface area contributed by atoms with Crippen LogP contribution in [0.2, 0.25) is 0 Å². The molecule has 6 heteroatoms.